The van der Waals surface area contributed by atoms with Crippen molar-refractivity contribution >= 4 is 39.2 Å². The molecule has 0 aliphatic carbocycles. The van der Waals surface area contributed by atoms with Gasteiger partial charge in [-0.2, -0.15) is 0 Å². The van der Waals surface area contributed by atoms with Crippen LogP contribution in [0.3, 0.4) is 0 Å². The summed E-state index contributed by atoms with van der Waals surface area (Å²) in [5, 5.41) is 5.21. The predicted octanol–water partition coefficient (Wildman–Crippen LogP) is 2.08. The Morgan fingerprint density at radius 2 is 1.53 bits per heavy atom. The predicted molar refractivity (Wildman–Crippen MR) is 112 cm³/mol. The lowest BCUT2D eigenvalue weighted by atomic mass is 10.2. The van der Waals surface area contributed by atoms with Gasteiger partial charge in [-0.3, -0.25) is 9.59 Å². The fourth-order valence-electron chi connectivity index (χ4n) is 2.36. The van der Waals surface area contributed by atoms with Crippen LogP contribution in [-0.4, -0.2) is 50.7 Å². The van der Waals surface area contributed by atoms with Crippen molar-refractivity contribution in [1.82, 2.24) is 4.31 Å². The number of amides is 2. The van der Waals surface area contributed by atoms with Gasteiger partial charge in [-0.25, -0.2) is 17.5 Å². The van der Waals surface area contributed by atoms with E-state index < -0.39 is 28.0 Å². The minimum Gasteiger partial charge on any atom is -0.449 e. The Morgan fingerprint density at radius 3 is 2.07 bits per heavy atom. The highest BCUT2D eigenvalue weighted by molar-refractivity contribution is 7.89. The molecule has 0 spiro atoms. The van der Waals surface area contributed by atoms with Gasteiger partial charge in [0.15, 0.2) is 6.10 Å². The van der Waals surface area contributed by atoms with Crippen molar-refractivity contribution in [2.75, 3.05) is 24.7 Å². The molecule has 0 saturated carbocycles. The van der Waals surface area contributed by atoms with Crippen LogP contribution >= 0.6 is 0 Å². The Kier molecular flexibility index (Phi) is 7.30. The molecule has 9 nitrogen and oxygen atoms in total. The fraction of sp³-hybridized carbons (Fsp3) is 0.250. The third-order valence-corrected chi connectivity index (χ3v) is 5.79. The monoisotopic (exact) mass is 433 g/mol. The lowest BCUT2D eigenvalue weighted by Gasteiger charge is -2.15. The summed E-state index contributed by atoms with van der Waals surface area (Å²) in [5.41, 5.74) is 1.04. The van der Waals surface area contributed by atoms with Crippen molar-refractivity contribution in [3.8, 4) is 0 Å². The van der Waals surface area contributed by atoms with Crippen LogP contribution in [0, 0.1) is 0 Å². The van der Waals surface area contributed by atoms with E-state index in [0.717, 1.165) is 4.31 Å². The molecule has 0 fully saturated rings. The van der Waals surface area contributed by atoms with Crippen molar-refractivity contribution in [2.45, 2.75) is 24.8 Å². The van der Waals surface area contributed by atoms with E-state index in [1.165, 1.54) is 52.2 Å². The average Bonchev–Trinajstić information content (AvgIpc) is 2.68. The molecule has 0 aromatic heterocycles. The Hall–Kier alpha value is -3.24. The summed E-state index contributed by atoms with van der Waals surface area (Å²) in [4.78, 5) is 35.6. The summed E-state index contributed by atoms with van der Waals surface area (Å²) >= 11 is 0. The summed E-state index contributed by atoms with van der Waals surface area (Å²) in [6.45, 7) is 2.79. The molecule has 30 heavy (non-hydrogen) atoms. The normalized spacial score (nSPS) is 12.2. The molecule has 0 aliphatic rings. The van der Waals surface area contributed by atoms with E-state index in [1.54, 1.807) is 24.3 Å². The SMILES string of the molecule is CC(=O)Nc1ccc(NC(=O)[C@H](C)OC(=O)c2cccc(S(=O)(=O)N(C)C)c2)cc1. The fourth-order valence-corrected chi connectivity index (χ4v) is 3.31. The zero-order chi connectivity index (χ0) is 22.5. The van der Waals surface area contributed by atoms with Crippen molar-refractivity contribution in [3.63, 3.8) is 0 Å². The van der Waals surface area contributed by atoms with Crippen LogP contribution in [0.1, 0.15) is 24.2 Å². The topological polar surface area (TPSA) is 122 Å². The van der Waals surface area contributed by atoms with Gasteiger partial charge >= 0.3 is 5.97 Å². The first-order valence-electron chi connectivity index (χ1n) is 8.93. The molecule has 1 atom stereocenters. The van der Waals surface area contributed by atoms with Gasteiger partial charge in [0.1, 0.15) is 0 Å². The van der Waals surface area contributed by atoms with Crippen molar-refractivity contribution in [1.29, 1.82) is 0 Å². The number of carbonyl (C=O) groups excluding carboxylic acids is 3. The van der Waals surface area contributed by atoms with E-state index in [-0.39, 0.29) is 16.4 Å². The molecule has 0 aliphatic heterocycles. The summed E-state index contributed by atoms with van der Waals surface area (Å²) in [7, 11) is -0.941. The number of benzene rings is 2. The summed E-state index contributed by atoms with van der Waals surface area (Å²) in [6, 6.07) is 11.8. The molecule has 0 saturated heterocycles. The highest BCUT2D eigenvalue weighted by Crippen LogP contribution is 2.17. The molecule has 0 unspecified atom stereocenters. The van der Waals surface area contributed by atoms with Gasteiger partial charge in [0.2, 0.25) is 15.9 Å². The molecule has 0 bridgehead atoms. The lowest BCUT2D eigenvalue weighted by Crippen LogP contribution is -2.30. The third kappa shape index (κ3) is 5.88. The zero-order valence-electron chi connectivity index (χ0n) is 17.0. The standard InChI is InChI=1S/C20H23N3O6S/c1-13(19(25)22-17-10-8-16(9-11-17)21-14(2)24)29-20(26)15-6-5-7-18(12-15)30(27,28)23(3)4/h5-13H,1-4H3,(H,21,24)(H,22,25)/t13-/m0/s1. The van der Waals surface area contributed by atoms with E-state index in [9.17, 15) is 22.8 Å². The number of anilines is 2. The Labute approximate surface area is 175 Å². The van der Waals surface area contributed by atoms with Crippen LogP contribution in [0.15, 0.2) is 53.4 Å². The van der Waals surface area contributed by atoms with Gasteiger partial charge in [0.25, 0.3) is 5.91 Å². The van der Waals surface area contributed by atoms with Gasteiger partial charge in [0, 0.05) is 32.4 Å². The number of hydrogen-bond acceptors (Lipinski definition) is 6. The van der Waals surface area contributed by atoms with Gasteiger partial charge in [0.05, 0.1) is 10.5 Å². The molecular weight excluding hydrogens is 410 g/mol. The highest BCUT2D eigenvalue weighted by Gasteiger charge is 2.22. The van der Waals surface area contributed by atoms with Crippen molar-refractivity contribution in [2.24, 2.45) is 0 Å². The van der Waals surface area contributed by atoms with Gasteiger partial charge in [-0.05, 0) is 49.4 Å². The molecule has 0 radical (unpaired) electrons. The molecule has 2 rings (SSSR count). The molecule has 2 aromatic carbocycles. The Balaban J connectivity index is 2.03. The van der Waals surface area contributed by atoms with Crippen LogP contribution < -0.4 is 10.6 Å². The van der Waals surface area contributed by atoms with E-state index in [4.69, 9.17) is 4.74 Å². The van der Waals surface area contributed by atoms with Crippen LogP contribution in [0.4, 0.5) is 11.4 Å². The number of hydrogen-bond donors (Lipinski definition) is 2. The maximum Gasteiger partial charge on any atom is 0.338 e. The molecule has 0 heterocycles. The number of esters is 1. The maximum absolute atomic E-state index is 12.4. The van der Waals surface area contributed by atoms with E-state index in [1.807, 2.05) is 0 Å². The van der Waals surface area contributed by atoms with Crippen LogP contribution in [0.25, 0.3) is 0 Å². The number of nitrogens with one attached hydrogen (secondary N) is 2. The smallest absolute Gasteiger partial charge is 0.338 e. The first-order chi connectivity index (χ1) is 14.0. The molecule has 160 valence electrons. The highest BCUT2D eigenvalue weighted by atomic mass is 32.2. The maximum atomic E-state index is 12.4. The third-order valence-electron chi connectivity index (χ3n) is 3.97. The average molecular weight is 433 g/mol. The van der Waals surface area contributed by atoms with E-state index >= 15 is 0 Å². The van der Waals surface area contributed by atoms with Crippen LogP contribution in [0.2, 0.25) is 0 Å². The Morgan fingerprint density at radius 1 is 0.967 bits per heavy atom. The first kappa shape index (κ1) is 23.0. The molecule has 10 heteroatoms. The van der Waals surface area contributed by atoms with E-state index in [0.29, 0.717) is 11.4 Å². The first-order valence-corrected chi connectivity index (χ1v) is 10.4. The molecule has 2 aromatic rings. The minimum absolute atomic E-state index is 0.0113. The largest absolute Gasteiger partial charge is 0.449 e. The lowest BCUT2D eigenvalue weighted by molar-refractivity contribution is -0.123. The summed E-state index contributed by atoms with van der Waals surface area (Å²) < 4.78 is 30.6. The van der Waals surface area contributed by atoms with Crippen LogP contribution in [0.5, 0.6) is 0 Å². The van der Waals surface area contributed by atoms with Crippen LogP contribution in [-0.2, 0) is 24.3 Å². The van der Waals surface area contributed by atoms with Gasteiger partial charge < -0.3 is 15.4 Å². The second-order valence-corrected chi connectivity index (χ2v) is 8.76. The van der Waals surface area contributed by atoms with Gasteiger partial charge in [-0.1, -0.05) is 6.07 Å². The minimum atomic E-state index is -3.71. The Bertz CT molecular complexity index is 1050. The number of sulfonamides is 1. The second kappa shape index (κ2) is 9.51. The zero-order valence-corrected chi connectivity index (χ0v) is 17.8. The second-order valence-electron chi connectivity index (χ2n) is 6.61. The number of ether oxygens (including phenoxy) is 1. The van der Waals surface area contributed by atoms with Crippen molar-refractivity contribution in [3.05, 3.63) is 54.1 Å². The summed E-state index contributed by atoms with van der Waals surface area (Å²) in [6.07, 6.45) is -1.12. The molecule has 2 amide bonds. The van der Waals surface area contributed by atoms with E-state index in [2.05, 4.69) is 10.6 Å². The van der Waals surface area contributed by atoms with Gasteiger partial charge in [-0.15, -0.1) is 0 Å². The number of rotatable bonds is 7. The molecule has 2 N–H and O–H groups in total. The quantitative estimate of drug-likeness (QED) is 0.645. The number of carbonyl (C=O) groups is 3. The number of nitrogens with zero attached hydrogens (tertiary/aromatic N) is 1. The van der Waals surface area contributed by atoms with Crippen molar-refractivity contribution < 1.29 is 27.5 Å². The summed E-state index contributed by atoms with van der Waals surface area (Å²) in [5.74, 6) is -1.60. The molecular formula is C20H23N3O6S.